The number of ether oxygens (including phenoxy) is 2. The minimum atomic E-state index is -5.58. The summed E-state index contributed by atoms with van der Waals surface area (Å²) in [7, 11) is -5.58. The van der Waals surface area contributed by atoms with Gasteiger partial charge < -0.3 is 43.7 Å². The number of aliphatic hydroxyl groups excluding tert-OH is 3. The van der Waals surface area contributed by atoms with E-state index in [0.717, 1.165) is 5.56 Å². The minimum absolute atomic E-state index is 0. The van der Waals surface area contributed by atoms with Gasteiger partial charge in [-0.2, -0.15) is 5.26 Å². The van der Waals surface area contributed by atoms with Gasteiger partial charge in [0.25, 0.3) is 0 Å². The maximum atomic E-state index is 11.1. The van der Waals surface area contributed by atoms with E-state index in [2.05, 4.69) is 4.52 Å². The van der Waals surface area contributed by atoms with Gasteiger partial charge in [0.05, 0.1) is 31.1 Å². The molecule has 0 aliphatic carbocycles. The van der Waals surface area contributed by atoms with Crippen molar-refractivity contribution in [2.75, 3.05) is 6.61 Å². The van der Waals surface area contributed by atoms with Crippen LogP contribution in [0.5, 0.6) is 5.75 Å². The summed E-state index contributed by atoms with van der Waals surface area (Å²) in [6.45, 7) is -0.720. The third-order valence-corrected chi connectivity index (χ3v) is 5.39. The van der Waals surface area contributed by atoms with E-state index in [4.69, 9.17) is 26.3 Å². The number of aliphatic hydroxyl groups is 3. The average molecular weight is 516 g/mol. The second kappa shape index (κ2) is 13.3. The molecule has 166 valence electrons. The number of rotatable bonds is 6. The maximum absolute atomic E-state index is 11.1. The van der Waals surface area contributed by atoms with Crippen LogP contribution in [-0.2, 0) is 13.8 Å². The number of nitrogens with zero attached hydrogens (tertiary/aromatic N) is 1. The zero-order chi connectivity index (χ0) is 22.8. The fourth-order valence-electron chi connectivity index (χ4n) is 3.05. The van der Waals surface area contributed by atoms with E-state index >= 15 is 0 Å². The van der Waals surface area contributed by atoms with E-state index in [-0.39, 0.29) is 69.9 Å². The molecule has 5 atom stereocenters. The van der Waals surface area contributed by atoms with Crippen LogP contribution in [-0.4, -0.2) is 52.6 Å². The Balaban J connectivity index is 0.00000272. The van der Waals surface area contributed by atoms with Crippen LogP contribution in [0.25, 0.3) is 11.1 Å². The summed E-state index contributed by atoms with van der Waals surface area (Å²) in [5.74, 6) is 0.00423. The molecule has 3 rings (SSSR count). The van der Waals surface area contributed by atoms with Crippen LogP contribution in [0.4, 0.5) is 0 Å². The largest absolute Gasteiger partial charge is 1.00 e. The Hall–Kier alpha value is -0.0300. The minimum Gasteiger partial charge on any atom is -0.790 e. The van der Waals surface area contributed by atoms with Crippen molar-refractivity contribution in [2.45, 2.75) is 30.7 Å². The monoisotopic (exact) mass is 515 g/mol. The first kappa shape index (κ1) is 31.0. The van der Waals surface area contributed by atoms with Crippen molar-refractivity contribution in [3.05, 3.63) is 53.1 Å². The Morgan fingerprint density at radius 1 is 1.09 bits per heavy atom. The zero-order valence-corrected chi connectivity index (χ0v) is 23.3. The van der Waals surface area contributed by atoms with E-state index in [0.29, 0.717) is 11.1 Å². The van der Waals surface area contributed by atoms with Crippen LogP contribution >= 0.6 is 19.4 Å². The van der Waals surface area contributed by atoms with Crippen molar-refractivity contribution < 1.29 is 103 Å². The molecule has 2 aromatic carbocycles. The molecule has 0 radical (unpaired) electrons. The van der Waals surface area contributed by atoms with Gasteiger partial charge in [-0.1, -0.05) is 29.8 Å². The number of benzene rings is 2. The molecule has 1 aliphatic heterocycles. The first-order chi connectivity index (χ1) is 14.6. The predicted molar refractivity (Wildman–Crippen MR) is 102 cm³/mol. The SMILES string of the molecule is N#Cc1ccc(-c2ccc(O[C@H]3O[C@H](CO)[C@@H](O)[C@H](O)[C@@H]3OP(=O)([O-])[O-])c(Cl)c2)cc1.[Na+].[Na+]. The van der Waals surface area contributed by atoms with E-state index in [9.17, 15) is 29.7 Å². The summed E-state index contributed by atoms with van der Waals surface area (Å²) >= 11 is 6.26. The first-order valence-corrected chi connectivity index (χ1v) is 10.8. The Morgan fingerprint density at radius 3 is 2.21 bits per heavy atom. The molecule has 3 N–H and O–H groups in total. The fraction of sp³-hybridized carbons (Fsp3) is 0.316. The molecule has 1 fully saturated rings. The molecule has 2 aromatic rings. The van der Waals surface area contributed by atoms with Gasteiger partial charge in [-0.05, 0) is 35.4 Å². The summed E-state index contributed by atoms with van der Waals surface area (Å²) in [5, 5.41) is 38.4. The van der Waals surface area contributed by atoms with Crippen molar-refractivity contribution in [3.8, 4) is 22.9 Å². The standard InChI is InChI=1S/C19H19ClNO9P.2Na/c20-13-7-12(11-3-1-10(8-21)2-4-11)5-6-14(13)28-19-18(30-31(25,26)27)17(24)16(23)15(9-22)29-19;;/h1-7,15-19,22-24H,9H2,(H2,25,26,27);;/q;2*+1/p-2/t15-,16-,17+,18+,19+;;/m1../s1. The Morgan fingerprint density at radius 2 is 1.70 bits per heavy atom. The second-order valence-electron chi connectivity index (χ2n) is 6.68. The average Bonchev–Trinajstić information content (AvgIpc) is 2.73. The number of hydrogen-bond acceptors (Lipinski definition) is 10. The molecule has 0 saturated carbocycles. The van der Waals surface area contributed by atoms with Crippen molar-refractivity contribution in [3.63, 3.8) is 0 Å². The van der Waals surface area contributed by atoms with Crippen LogP contribution in [0, 0.1) is 11.3 Å². The Bertz CT molecular complexity index is 1020. The predicted octanol–water partition coefficient (Wildman–Crippen LogP) is -6.08. The molecule has 10 nitrogen and oxygen atoms in total. The first-order valence-electron chi connectivity index (χ1n) is 8.92. The van der Waals surface area contributed by atoms with E-state index in [1.807, 2.05) is 6.07 Å². The summed E-state index contributed by atoms with van der Waals surface area (Å²) < 4.78 is 26.2. The molecule has 0 amide bonds. The Labute approximate surface area is 238 Å². The van der Waals surface area contributed by atoms with E-state index in [1.54, 1.807) is 30.3 Å². The number of halogens is 1. The van der Waals surface area contributed by atoms with Gasteiger partial charge in [0.15, 0.2) is 6.10 Å². The van der Waals surface area contributed by atoms with Crippen molar-refractivity contribution >= 4 is 19.4 Å². The number of hydrogen-bond donors (Lipinski definition) is 3. The number of nitriles is 1. The van der Waals surface area contributed by atoms with Gasteiger partial charge in [0.2, 0.25) is 6.29 Å². The molecule has 14 heteroatoms. The van der Waals surface area contributed by atoms with Crippen LogP contribution in [0.1, 0.15) is 5.56 Å². The second-order valence-corrected chi connectivity index (χ2v) is 8.19. The van der Waals surface area contributed by atoms with Crippen molar-refractivity contribution in [2.24, 2.45) is 0 Å². The molecule has 0 bridgehead atoms. The van der Waals surface area contributed by atoms with Crippen molar-refractivity contribution in [1.82, 2.24) is 0 Å². The number of phosphoric acid groups is 1. The third-order valence-electron chi connectivity index (χ3n) is 4.60. The van der Waals surface area contributed by atoms with E-state index in [1.165, 1.54) is 12.1 Å². The van der Waals surface area contributed by atoms with Crippen LogP contribution in [0.2, 0.25) is 5.02 Å². The van der Waals surface area contributed by atoms with Gasteiger partial charge in [0.1, 0.15) is 24.1 Å². The van der Waals surface area contributed by atoms with Crippen molar-refractivity contribution in [1.29, 1.82) is 5.26 Å². The van der Waals surface area contributed by atoms with Gasteiger partial charge in [-0.3, -0.25) is 0 Å². The fourth-order valence-corrected chi connectivity index (χ4v) is 3.80. The smallest absolute Gasteiger partial charge is 0.790 e. The van der Waals surface area contributed by atoms with Gasteiger partial charge in [0, 0.05) is 0 Å². The summed E-state index contributed by atoms with van der Waals surface area (Å²) in [6, 6.07) is 13.3. The topological polar surface area (TPSA) is 175 Å². The molecular formula is C19H17ClNNa2O9P. The molecule has 0 spiro atoms. The van der Waals surface area contributed by atoms with Crippen LogP contribution < -0.4 is 73.6 Å². The molecule has 33 heavy (non-hydrogen) atoms. The quantitative estimate of drug-likeness (QED) is 0.248. The summed E-state index contributed by atoms with van der Waals surface area (Å²) in [4.78, 5) is 22.1. The molecule has 0 aromatic heterocycles. The molecule has 1 aliphatic rings. The van der Waals surface area contributed by atoms with Crippen LogP contribution in [0.3, 0.4) is 0 Å². The van der Waals surface area contributed by atoms with Gasteiger partial charge >= 0.3 is 59.1 Å². The molecule has 0 unspecified atom stereocenters. The maximum Gasteiger partial charge on any atom is 1.00 e. The molecular weight excluding hydrogens is 499 g/mol. The normalized spacial score (nSPS) is 24.7. The van der Waals surface area contributed by atoms with Crippen LogP contribution in [0.15, 0.2) is 42.5 Å². The zero-order valence-electron chi connectivity index (χ0n) is 17.7. The van der Waals surface area contributed by atoms with Gasteiger partial charge in [-0.15, -0.1) is 0 Å². The van der Waals surface area contributed by atoms with Gasteiger partial charge in [-0.25, -0.2) is 0 Å². The molecule has 1 saturated heterocycles. The third kappa shape index (κ3) is 7.98. The Kier molecular flexibility index (Phi) is 12.5. The summed E-state index contributed by atoms with van der Waals surface area (Å²) in [5.41, 5.74) is 1.94. The molecule has 1 heterocycles. The van der Waals surface area contributed by atoms with E-state index < -0.39 is 45.1 Å². The summed E-state index contributed by atoms with van der Waals surface area (Å²) in [6.07, 6.45) is -8.52. The number of phosphoric ester groups is 1.